The fraction of sp³-hybridized carbons (Fsp3) is 0.435. The first-order valence-electron chi connectivity index (χ1n) is 9.97. The van der Waals surface area contributed by atoms with Gasteiger partial charge in [-0.2, -0.15) is 0 Å². The molecule has 1 N–H and O–H groups in total. The van der Waals surface area contributed by atoms with Crippen molar-refractivity contribution in [3.63, 3.8) is 0 Å². The first kappa shape index (κ1) is 19.6. The monoisotopic (exact) mass is 365 g/mol. The number of likely N-dealkylation sites (tertiary alicyclic amines) is 1. The van der Waals surface area contributed by atoms with Gasteiger partial charge in [0.05, 0.1) is 6.54 Å². The van der Waals surface area contributed by atoms with E-state index in [2.05, 4.69) is 63.6 Å². The molecule has 144 valence electrons. The Hall–Kier alpha value is -2.17. The smallest absolute Gasteiger partial charge is 0.236 e. The Morgan fingerprint density at radius 1 is 0.963 bits per heavy atom. The number of amides is 1. The van der Waals surface area contributed by atoms with E-state index in [9.17, 15) is 4.79 Å². The maximum atomic E-state index is 12.9. The fourth-order valence-electron chi connectivity index (χ4n) is 3.82. The van der Waals surface area contributed by atoms with Crippen LogP contribution in [-0.2, 0) is 17.9 Å². The zero-order chi connectivity index (χ0) is 18.9. The number of nitrogens with zero attached hydrogens (tertiary/aromatic N) is 2. The predicted molar refractivity (Wildman–Crippen MR) is 110 cm³/mol. The standard InChI is InChI=1S/C23H31N3O/c1-24-16-20-12-14-26(15-13-20)23(27)19-25(17-21-8-4-2-5-9-21)18-22-10-6-3-7-11-22/h2-11,20,24H,12-19H2,1H3. The molecule has 1 aliphatic heterocycles. The summed E-state index contributed by atoms with van der Waals surface area (Å²) in [6, 6.07) is 20.8. The van der Waals surface area contributed by atoms with Gasteiger partial charge in [-0.05, 0) is 43.5 Å². The van der Waals surface area contributed by atoms with Crippen molar-refractivity contribution in [2.75, 3.05) is 33.2 Å². The lowest BCUT2D eigenvalue weighted by atomic mass is 9.97. The van der Waals surface area contributed by atoms with Crippen LogP contribution in [0.1, 0.15) is 24.0 Å². The molecule has 0 unspecified atom stereocenters. The van der Waals surface area contributed by atoms with Crippen molar-refractivity contribution >= 4 is 5.91 Å². The van der Waals surface area contributed by atoms with Crippen molar-refractivity contribution in [3.05, 3.63) is 71.8 Å². The predicted octanol–water partition coefficient (Wildman–Crippen LogP) is 3.15. The maximum Gasteiger partial charge on any atom is 0.236 e. The van der Waals surface area contributed by atoms with Gasteiger partial charge >= 0.3 is 0 Å². The van der Waals surface area contributed by atoms with E-state index in [1.807, 2.05) is 19.2 Å². The summed E-state index contributed by atoms with van der Waals surface area (Å²) in [6.07, 6.45) is 2.20. The minimum atomic E-state index is 0.254. The summed E-state index contributed by atoms with van der Waals surface area (Å²) in [7, 11) is 2.00. The van der Waals surface area contributed by atoms with E-state index in [1.165, 1.54) is 11.1 Å². The van der Waals surface area contributed by atoms with E-state index in [-0.39, 0.29) is 5.91 Å². The molecule has 1 fully saturated rings. The van der Waals surface area contributed by atoms with Crippen molar-refractivity contribution in [1.82, 2.24) is 15.1 Å². The van der Waals surface area contributed by atoms with Gasteiger partial charge in [-0.1, -0.05) is 60.7 Å². The molecule has 0 aromatic heterocycles. The van der Waals surface area contributed by atoms with Crippen LogP contribution in [0.5, 0.6) is 0 Å². The van der Waals surface area contributed by atoms with E-state index >= 15 is 0 Å². The number of rotatable bonds is 8. The van der Waals surface area contributed by atoms with E-state index in [4.69, 9.17) is 0 Å². The van der Waals surface area contributed by atoms with Crippen molar-refractivity contribution in [3.8, 4) is 0 Å². The second-order valence-electron chi connectivity index (χ2n) is 7.50. The van der Waals surface area contributed by atoms with Gasteiger partial charge in [-0.3, -0.25) is 9.69 Å². The highest BCUT2D eigenvalue weighted by Gasteiger charge is 2.23. The van der Waals surface area contributed by atoms with Crippen LogP contribution in [0.4, 0.5) is 0 Å². The summed E-state index contributed by atoms with van der Waals surface area (Å²) in [5.74, 6) is 0.952. The minimum Gasteiger partial charge on any atom is -0.342 e. The van der Waals surface area contributed by atoms with E-state index in [1.54, 1.807) is 0 Å². The second-order valence-corrected chi connectivity index (χ2v) is 7.50. The molecule has 2 aromatic rings. The van der Waals surface area contributed by atoms with Gasteiger partial charge in [0, 0.05) is 26.2 Å². The zero-order valence-electron chi connectivity index (χ0n) is 16.3. The van der Waals surface area contributed by atoms with E-state index in [0.29, 0.717) is 12.5 Å². The Balaban J connectivity index is 1.61. The Labute approximate surface area is 163 Å². The summed E-state index contributed by atoms with van der Waals surface area (Å²) in [5, 5.41) is 3.26. The number of carbonyl (C=O) groups excluding carboxylic acids is 1. The van der Waals surface area contributed by atoms with Crippen LogP contribution in [-0.4, -0.2) is 48.9 Å². The van der Waals surface area contributed by atoms with E-state index < -0.39 is 0 Å². The van der Waals surface area contributed by atoms with Crippen molar-refractivity contribution in [2.24, 2.45) is 5.92 Å². The van der Waals surface area contributed by atoms with Crippen LogP contribution < -0.4 is 5.32 Å². The Morgan fingerprint density at radius 2 is 1.48 bits per heavy atom. The van der Waals surface area contributed by atoms with Gasteiger partial charge in [0.2, 0.25) is 5.91 Å². The SMILES string of the molecule is CNCC1CCN(C(=O)CN(Cc2ccccc2)Cc2ccccc2)CC1. The molecule has 4 nitrogen and oxygen atoms in total. The second kappa shape index (κ2) is 10.2. The number of hydrogen-bond donors (Lipinski definition) is 1. The molecule has 2 aromatic carbocycles. The molecule has 0 atom stereocenters. The van der Waals surface area contributed by atoms with Crippen molar-refractivity contribution < 1.29 is 4.79 Å². The van der Waals surface area contributed by atoms with Gasteiger partial charge in [0.1, 0.15) is 0 Å². The quantitative estimate of drug-likeness (QED) is 0.781. The van der Waals surface area contributed by atoms with Crippen LogP contribution in [0, 0.1) is 5.92 Å². The van der Waals surface area contributed by atoms with Crippen LogP contribution >= 0.6 is 0 Å². The van der Waals surface area contributed by atoms with Crippen LogP contribution in [0.3, 0.4) is 0 Å². The molecular weight excluding hydrogens is 334 g/mol. The topological polar surface area (TPSA) is 35.6 Å². The van der Waals surface area contributed by atoms with Crippen molar-refractivity contribution in [2.45, 2.75) is 25.9 Å². The molecule has 0 aliphatic carbocycles. The Kier molecular flexibility index (Phi) is 7.43. The Morgan fingerprint density at radius 3 is 1.96 bits per heavy atom. The van der Waals surface area contributed by atoms with Gasteiger partial charge in [-0.25, -0.2) is 0 Å². The number of nitrogens with one attached hydrogen (secondary N) is 1. The molecule has 0 spiro atoms. The third-order valence-corrected chi connectivity index (χ3v) is 5.32. The van der Waals surface area contributed by atoms with Crippen LogP contribution in [0.25, 0.3) is 0 Å². The molecule has 3 rings (SSSR count). The molecule has 0 radical (unpaired) electrons. The molecule has 1 amide bonds. The summed E-state index contributed by atoms with van der Waals surface area (Å²) in [6.45, 7) is 4.87. The first-order valence-corrected chi connectivity index (χ1v) is 9.97. The fourth-order valence-corrected chi connectivity index (χ4v) is 3.82. The summed E-state index contributed by atoms with van der Waals surface area (Å²) in [4.78, 5) is 17.2. The number of benzene rings is 2. The molecule has 0 bridgehead atoms. The summed E-state index contributed by atoms with van der Waals surface area (Å²) < 4.78 is 0. The molecule has 4 heteroatoms. The molecule has 1 saturated heterocycles. The molecular formula is C23H31N3O. The zero-order valence-corrected chi connectivity index (χ0v) is 16.3. The van der Waals surface area contributed by atoms with Gasteiger partial charge in [0.15, 0.2) is 0 Å². The summed E-state index contributed by atoms with van der Waals surface area (Å²) in [5.41, 5.74) is 2.49. The average Bonchev–Trinajstić information content (AvgIpc) is 2.70. The molecule has 1 heterocycles. The van der Waals surface area contributed by atoms with Crippen molar-refractivity contribution in [1.29, 1.82) is 0 Å². The van der Waals surface area contributed by atoms with Gasteiger partial charge < -0.3 is 10.2 Å². The largest absolute Gasteiger partial charge is 0.342 e. The minimum absolute atomic E-state index is 0.254. The normalized spacial score (nSPS) is 15.3. The van der Waals surface area contributed by atoms with Crippen LogP contribution in [0.15, 0.2) is 60.7 Å². The number of piperidine rings is 1. The van der Waals surface area contributed by atoms with E-state index in [0.717, 1.165) is 45.6 Å². The molecule has 0 saturated carbocycles. The lowest BCUT2D eigenvalue weighted by molar-refractivity contribution is -0.134. The van der Waals surface area contributed by atoms with Gasteiger partial charge in [0.25, 0.3) is 0 Å². The number of carbonyl (C=O) groups is 1. The third kappa shape index (κ3) is 6.19. The highest BCUT2D eigenvalue weighted by atomic mass is 16.2. The lowest BCUT2D eigenvalue weighted by Crippen LogP contribution is -2.45. The van der Waals surface area contributed by atoms with Gasteiger partial charge in [-0.15, -0.1) is 0 Å². The first-order chi connectivity index (χ1) is 13.2. The van der Waals surface area contributed by atoms with Crippen LogP contribution in [0.2, 0.25) is 0 Å². The highest BCUT2D eigenvalue weighted by Crippen LogP contribution is 2.17. The molecule has 1 aliphatic rings. The summed E-state index contributed by atoms with van der Waals surface area (Å²) >= 11 is 0. The third-order valence-electron chi connectivity index (χ3n) is 5.32. The lowest BCUT2D eigenvalue weighted by Gasteiger charge is -2.33. The maximum absolute atomic E-state index is 12.9. The Bertz CT molecular complexity index is 640. The molecule has 27 heavy (non-hydrogen) atoms. The average molecular weight is 366 g/mol. The highest BCUT2D eigenvalue weighted by molar-refractivity contribution is 5.78. The number of hydrogen-bond acceptors (Lipinski definition) is 3.